The van der Waals surface area contributed by atoms with E-state index in [9.17, 15) is 0 Å². The molecular formula is H3NaS3Zn. The van der Waals surface area contributed by atoms with Crippen LogP contribution in [0.4, 0.5) is 0 Å². The van der Waals surface area contributed by atoms with Gasteiger partial charge in [0.2, 0.25) is 0 Å². The molecule has 0 aliphatic heterocycles. The van der Waals surface area contributed by atoms with Crippen molar-refractivity contribution >= 4 is 40.5 Å². The van der Waals surface area contributed by atoms with Gasteiger partial charge in [0.25, 0.3) is 0 Å². The van der Waals surface area contributed by atoms with Crippen molar-refractivity contribution in [2.75, 3.05) is 0 Å². The van der Waals surface area contributed by atoms with Crippen molar-refractivity contribution in [1.29, 1.82) is 0 Å². The second-order valence-electron chi connectivity index (χ2n) is 0. The van der Waals surface area contributed by atoms with Crippen molar-refractivity contribution in [3.63, 3.8) is 0 Å². The van der Waals surface area contributed by atoms with E-state index in [-0.39, 0.29) is 89.5 Å². The molecule has 0 bridgehead atoms. The molecule has 0 aromatic rings. The molecule has 0 amide bonds. The van der Waals surface area contributed by atoms with Crippen LogP contribution in [0.15, 0.2) is 0 Å². The van der Waals surface area contributed by atoms with Gasteiger partial charge in [0, 0.05) is 0 Å². The Morgan fingerprint density at radius 2 is 0.600 bits per heavy atom. The second kappa shape index (κ2) is 30.1. The maximum Gasteiger partial charge on any atom is 2.00 e. The summed E-state index contributed by atoms with van der Waals surface area (Å²) >= 11 is 0. The van der Waals surface area contributed by atoms with Gasteiger partial charge in [-0.15, -0.1) is 0 Å². The van der Waals surface area contributed by atoms with Crippen molar-refractivity contribution in [3.8, 4) is 0 Å². The first-order chi connectivity index (χ1) is 0. The number of rotatable bonds is 0. The van der Waals surface area contributed by atoms with Crippen molar-refractivity contribution in [2.24, 2.45) is 0 Å². The van der Waals surface area contributed by atoms with Crippen LogP contribution in [0.5, 0.6) is 0 Å². The minimum absolute atomic E-state index is 0. The van der Waals surface area contributed by atoms with Crippen LogP contribution in [0.2, 0.25) is 0 Å². The van der Waals surface area contributed by atoms with Crippen LogP contribution >= 0.6 is 0 Å². The van der Waals surface area contributed by atoms with Crippen molar-refractivity contribution < 1.29 is 49.0 Å². The topological polar surface area (TPSA) is 0 Å². The smallest absolute Gasteiger partial charge is 0.813 e. The Balaban J connectivity index is 0. The van der Waals surface area contributed by atoms with E-state index in [2.05, 4.69) is 0 Å². The molecule has 0 fully saturated rings. The fourth-order valence-electron chi connectivity index (χ4n) is 0. The molecule has 0 N–H and O–H groups in total. The average Bonchev–Trinajstić information content (AvgIpc) is 0. The van der Waals surface area contributed by atoms with Gasteiger partial charge in [0.15, 0.2) is 0 Å². The van der Waals surface area contributed by atoms with Crippen molar-refractivity contribution in [2.45, 2.75) is 0 Å². The maximum atomic E-state index is 0. The van der Waals surface area contributed by atoms with Crippen LogP contribution in [-0.2, 0) is 60.0 Å². The fourth-order valence-corrected chi connectivity index (χ4v) is 0. The minimum atomic E-state index is 0. The first-order valence-corrected chi connectivity index (χ1v) is 0. The molecule has 0 rings (SSSR count). The van der Waals surface area contributed by atoms with E-state index in [1.165, 1.54) is 0 Å². The van der Waals surface area contributed by atoms with Crippen LogP contribution in [0, 0.1) is 0 Å². The molecular weight excluding hydrogens is 185 g/mol. The molecule has 0 nitrogen and oxygen atoms in total. The van der Waals surface area contributed by atoms with Crippen molar-refractivity contribution in [3.05, 3.63) is 0 Å². The average molecular weight is 188 g/mol. The van der Waals surface area contributed by atoms with Gasteiger partial charge in [-0.05, 0) is 0 Å². The van der Waals surface area contributed by atoms with Crippen LogP contribution in [-0.4, -0.2) is 0 Å². The van der Waals surface area contributed by atoms with E-state index in [0.29, 0.717) is 0 Å². The fraction of sp³-hybridized carbons (Fsp3) is 0. The van der Waals surface area contributed by atoms with Gasteiger partial charge >= 0.3 is 49.0 Å². The first-order valence-electron chi connectivity index (χ1n) is 0. The van der Waals surface area contributed by atoms with E-state index < -0.39 is 0 Å². The molecule has 0 aromatic carbocycles. The van der Waals surface area contributed by atoms with Crippen LogP contribution < -0.4 is 29.6 Å². The standard InChI is InChI=1S/Na.3H2S.Zn/h;3*1H2;/q+1;;;;+2/p-3. The molecule has 0 atom stereocenters. The summed E-state index contributed by atoms with van der Waals surface area (Å²) in [6.07, 6.45) is 0. The van der Waals surface area contributed by atoms with Crippen LogP contribution in [0.25, 0.3) is 0 Å². The van der Waals surface area contributed by atoms with Gasteiger partial charge in [0.05, 0.1) is 0 Å². The summed E-state index contributed by atoms with van der Waals surface area (Å²) in [7, 11) is 0. The summed E-state index contributed by atoms with van der Waals surface area (Å²) in [6.45, 7) is 0. The second-order valence-corrected chi connectivity index (χ2v) is 0. The molecule has 0 spiro atoms. The third-order valence-electron chi connectivity index (χ3n) is 0. The van der Waals surface area contributed by atoms with Gasteiger partial charge in [0.1, 0.15) is 0 Å². The summed E-state index contributed by atoms with van der Waals surface area (Å²) in [5, 5.41) is 0. The predicted octanol–water partition coefficient (Wildman–Crippen LogP) is -3.81. The molecule has 0 aliphatic carbocycles. The largest absolute Gasteiger partial charge is 2.00 e. The molecule has 24 valence electrons. The Morgan fingerprint density at radius 3 is 0.600 bits per heavy atom. The molecule has 0 aliphatic rings. The van der Waals surface area contributed by atoms with Crippen molar-refractivity contribution in [1.82, 2.24) is 0 Å². The van der Waals surface area contributed by atoms with E-state index in [1.54, 1.807) is 0 Å². The Morgan fingerprint density at radius 1 is 0.600 bits per heavy atom. The predicted molar refractivity (Wildman–Crippen MR) is 26.3 cm³/mol. The van der Waals surface area contributed by atoms with E-state index >= 15 is 0 Å². The minimum Gasteiger partial charge on any atom is -0.813 e. The summed E-state index contributed by atoms with van der Waals surface area (Å²) in [5.41, 5.74) is 0. The van der Waals surface area contributed by atoms with Crippen LogP contribution in [0.3, 0.4) is 0 Å². The Bertz CT molecular complexity index is 6.85. The van der Waals surface area contributed by atoms with Gasteiger partial charge in [-0.25, -0.2) is 0 Å². The molecule has 0 aromatic heterocycles. The third kappa shape index (κ3) is 20.4. The van der Waals surface area contributed by atoms with E-state index in [0.717, 1.165) is 0 Å². The third-order valence-corrected chi connectivity index (χ3v) is 0. The molecule has 5 heavy (non-hydrogen) atoms. The zero-order valence-electron chi connectivity index (χ0n) is 3.05. The number of thiol groups is 3. The first kappa shape index (κ1) is 47.8. The quantitative estimate of drug-likeness (QED) is 0.217. The summed E-state index contributed by atoms with van der Waals surface area (Å²) in [5.74, 6) is 0. The van der Waals surface area contributed by atoms with Gasteiger partial charge in [-0.3, -0.25) is 0 Å². The molecule has 0 saturated heterocycles. The molecule has 0 radical (unpaired) electrons. The Kier molecular flexibility index (Phi) is 287. The normalized spacial score (nSPS) is 0. The molecule has 0 unspecified atom stereocenters. The summed E-state index contributed by atoms with van der Waals surface area (Å²) < 4.78 is 0. The number of hydrogen-bond acceptors (Lipinski definition) is 3. The van der Waals surface area contributed by atoms with Gasteiger partial charge in [-0.1, -0.05) is 0 Å². The summed E-state index contributed by atoms with van der Waals surface area (Å²) in [6, 6.07) is 0. The molecule has 0 heterocycles. The Hall–Kier alpha value is 2.67. The molecule has 0 saturated carbocycles. The Labute approximate surface area is 88.2 Å². The maximum absolute atomic E-state index is 0. The van der Waals surface area contributed by atoms with Gasteiger partial charge < -0.3 is 40.5 Å². The molecule has 5 heteroatoms. The zero-order valence-corrected chi connectivity index (χ0v) is 10.7. The van der Waals surface area contributed by atoms with E-state index in [1.807, 2.05) is 0 Å². The summed E-state index contributed by atoms with van der Waals surface area (Å²) in [4.78, 5) is 0. The number of hydrogen-bond donors (Lipinski definition) is 0. The monoisotopic (exact) mass is 186 g/mol. The van der Waals surface area contributed by atoms with E-state index in [4.69, 9.17) is 0 Å². The van der Waals surface area contributed by atoms with Gasteiger partial charge in [-0.2, -0.15) is 0 Å². The van der Waals surface area contributed by atoms with Crippen LogP contribution in [0.1, 0.15) is 0 Å². The SMILES string of the molecule is [Na+].[SH-].[SH-].[SH-].[Zn+2]. The zero-order chi connectivity index (χ0) is 0.